The topological polar surface area (TPSA) is 40.5 Å². The van der Waals surface area contributed by atoms with E-state index in [1.165, 1.54) is 12.8 Å². The van der Waals surface area contributed by atoms with E-state index in [1.807, 2.05) is 0 Å². The fraction of sp³-hybridized carbons (Fsp3) is 0.941. The fourth-order valence-corrected chi connectivity index (χ4v) is 3.87. The summed E-state index contributed by atoms with van der Waals surface area (Å²) in [4.78, 5) is 14.2. The minimum atomic E-state index is -0.580. The van der Waals surface area contributed by atoms with Crippen LogP contribution < -0.4 is 0 Å². The molecule has 3 nitrogen and oxygen atoms in total. The normalized spacial score (nSPS) is 31.6. The summed E-state index contributed by atoms with van der Waals surface area (Å²) in [6.45, 7) is 10.2. The molecule has 116 valence electrons. The van der Waals surface area contributed by atoms with Crippen molar-refractivity contribution in [3.05, 3.63) is 0 Å². The molecular formula is C17H31NO2. The summed E-state index contributed by atoms with van der Waals surface area (Å²) in [6.07, 6.45) is 6.65. The standard InChI is InChI=1S/C17H31NO2/c1-5-10-18(13-7-8-13)15-11-12(17(2,3)4)6-9-14(15)16(19)20/h12-15H,5-11H2,1-4H3,(H,19,20). The molecule has 0 spiro atoms. The van der Waals surface area contributed by atoms with Gasteiger partial charge in [-0.1, -0.05) is 27.7 Å². The van der Waals surface area contributed by atoms with Gasteiger partial charge in [0.1, 0.15) is 0 Å². The summed E-state index contributed by atoms with van der Waals surface area (Å²) in [5, 5.41) is 9.59. The Labute approximate surface area is 123 Å². The van der Waals surface area contributed by atoms with Crippen LogP contribution in [0.15, 0.2) is 0 Å². The first-order valence-corrected chi connectivity index (χ1v) is 8.33. The summed E-state index contributed by atoms with van der Waals surface area (Å²) >= 11 is 0. The van der Waals surface area contributed by atoms with Crippen molar-refractivity contribution in [2.75, 3.05) is 6.54 Å². The van der Waals surface area contributed by atoms with Gasteiger partial charge in [0.2, 0.25) is 0 Å². The molecular weight excluding hydrogens is 250 g/mol. The maximum absolute atomic E-state index is 11.6. The number of hydrogen-bond acceptors (Lipinski definition) is 2. The van der Waals surface area contributed by atoms with Gasteiger partial charge in [-0.25, -0.2) is 0 Å². The quantitative estimate of drug-likeness (QED) is 0.834. The average Bonchev–Trinajstić information content (AvgIpc) is 3.18. The molecule has 1 N–H and O–H groups in total. The van der Waals surface area contributed by atoms with Gasteiger partial charge in [0, 0.05) is 12.1 Å². The Balaban J connectivity index is 2.15. The zero-order chi connectivity index (χ0) is 14.9. The van der Waals surface area contributed by atoms with Crippen LogP contribution in [0.1, 0.15) is 66.2 Å². The van der Waals surface area contributed by atoms with Crippen LogP contribution >= 0.6 is 0 Å². The van der Waals surface area contributed by atoms with Gasteiger partial charge < -0.3 is 5.11 Å². The van der Waals surface area contributed by atoms with E-state index in [1.54, 1.807) is 0 Å². The highest BCUT2D eigenvalue weighted by molar-refractivity contribution is 5.71. The Bertz CT molecular complexity index is 343. The van der Waals surface area contributed by atoms with E-state index >= 15 is 0 Å². The van der Waals surface area contributed by atoms with E-state index in [4.69, 9.17) is 0 Å². The molecule has 20 heavy (non-hydrogen) atoms. The molecule has 0 aromatic heterocycles. The largest absolute Gasteiger partial charge is 0.481 e. The molecule has 2 saturated carbocycles. The average molecular weight is 281 g/mol. The molecule has 0 heterocycles. The van der Waals surface area contributed by atoms with Gasteiger partial charge >= 0.3 is 5.97 Å². The van der Waals surface area contributed by atoms with E-state index in [0.29, 0.717) is 17.4 Å². The third-order valence-corrected chi connectivity index (χ3v) is 5.28. The Hall–Kier alpha value is -0.570. The molecule has 3 heteroatoms. The van der Waals surface area contributed by atoms with Crippen LogP contribution in [0.2, 0.25) is 0 Å². The summed E-state index contributed by atoms with van der Waals surface area (Å²) in [5.74, 6) is -0.0777. The zero-order valence-corrected chi connectivity index (χ0v) is 13.6. The summed E-state index contributed by atoms with van der Waals surface area (Å²) < 4.78 is 0. The molecule has 3 atom stereocenters. The van der Waals surface area contributed by atoms with E-state index in [0.717, 1.165) is 32.2 Å². The molecule has 0 aromatic carbocycles. The SMILES string of the molecule is CCCN(C1CC1)C1CC(C(C)(C)C)CCC1C(=O)O. The van der Waals surface area contributed by atoms with Gasteiger partial charge in [-0.05, 0) is 56.4 Å². The van der Waals surface area contributed by atoms with Crippen molar-refractivity contribution >= 4 is 5.97 Å². The van der Waals surface area contributed by atoms with Gasteiger partial charge in [-0.2, -0.15) is 0 Å². The van der Waals surface area contributed by atoms with Crippen LogP contribution in [-0.2, 0) is 4.79 Å². The number of aliphatic carboxylic acids is 1. The Morgan fingerprint density at radius 1 is 1.20 bits per heavy atom. The van der Waals surface area contributed by atoms with Crippen molar-refractivity contribution in [1.29, 1.82) is 0 Å². The molecule has 0 saturated heterocycles. The van der Waals surface area contributed by atoms with Crippen LogP contribution in [0, 0.1) is 17.3 Å². The highest BCUT2D eigenvalue weighted by Crippen LogP contribution is 2.44. The first-order valence-electron chi connectivity index (χ1n) is 8.33. The minimum absolute atomic E-state index is 0.152. The number of carbonyl (C=O) groups is 1. The van der Waals surface area contributed by atoms with Gasteiger partial charge in [-0.3, -0.25) is 9.69 Å². The molecule has 2 fully saturated rings. The minimum Gasteiger partial charge on any atom is -0.481 e. The maximum atomic E-state index is 11.6. The number of carboxylic acids is 1. The monoisotopic (exact) mass is 281 g/mol. The van der Waals surface area contributed by atoms with Crippen LogP contribution in [-0.4, -0.2) is 34.6 Å². The predicted molar refractivity (Wildman–Crippen MR) is 81.7 cm³/mol. The number of carboxylic acid groups (broad SMARTS) is 1. The first-order chi connectivity index (χ1) is 9.34. The van der Waals surface area contributed by atoms with Crippen LogP contribution in [0.25, 0.3) is 0 Å². The molecule has 0 bridgehead atoms. The van der Waals surface area contributed by atoms with Crippen molar-refractivity contribution < 1.29 is 9.90 Å². The van der Waals surface area contributed by atoms with E-state index in [-0.39, 0.29) is 12.0 Å². The van der Waals surface area contributed by atoms with Gasteiger partial charge in [0.15, 0.2) is 0 Å². The lowest BCUT2D eigenvalue weighted by molar-refractivity contribution is -0.147. The Morgan fingerprint density at radius 3 is 2.30 bits per heavy atom. The lowest BCUT2D eigenvalue weighted by Gasteiger charge is -2.45. The molecule has 2 rings (SSSR count). The van der Waals surface area contributed by atoms with Crippen molar-refractivity contribution in [1.82, 2.24) is 4.90 Å². The second-order valence-corrected chi connectivity index (χ2v) is 7.86. The zero-order valence-electron chi connectivity index (χ0n) is 13.6. The fourth-order valence-electron chi connectivity index (χ4n) is 3.87. The molecule has 2 aliphatic carbocycles. The smallest absolute Gasteiger partial charge is 0.308 e. The van der Waals surface area contributed by atoms with Crippen molar-refractivity contribution in [3.8, 4) is 0 Å². The lowest BCUT2D eigenvalue weighted by Crippen LogP contribution is -2.50. The first kappa shape index (κ1) is 15.8. The highest BCUT2D eigenvalue weighted by atomic mass is 16.4. The van der Waals surface area contributed by atoms with E-state index < -0.39 is 5.97 Å². The molecule has 0 aliphatic heterocycles. The Morgan fingerprint density at radius 2 is 1.85 bits per heavy atom. The van der Waals surface area contributed by atoms with Crippen molar-refractivity contribution in [2.24, 2.45) is 17.3 Å². The van der Waals surface area contributed by atoms with Gasteiger partial charge in [0.25, 0.3) is 0 Å². The van der Waals surface area contributed by atoms with Crippen molar-refractivity contribution in [3.63, 3.8) is 0 Å². The van der Waals surface area contributed by atoms with E-state index in [9.17, 15) is 9.90 Å². The lowest BCUT2D eigenvalue weighted by atomic mass is 9.67. The summed E-state index contributed by atoms with van der Waals surface area (Å²) in [7, 11) is 0. The number of hydrogen-bond donors (Lipinski definition) is 1. The second kappa shape index (κ2) is 6.05. The summed E-state index contributed by atoms with van der Waals surface area (Å²) in [5.41, 5.74) is 0.295. The van der Waals surface area contributed by atoms with Gasteiger partial charge in [-0.15, -0.1) is 0 Å². The van der Waals surface area contributed by atoms with Gasteiger partial charge in [0.05, 0.1) is 5.92 Å². The third-order valence-electron chi connectivity index (χ3n) is 5.28. The highest BCUT2D eigenvalue weighted by Gasteiger charge is 2.44. The van der Waals surface area contributed by atoms with E-state index in [2.05, 4.69) is 32.6 Å². The number of rotatable bonds is 5. The third kappa shape index (κ3) is 3.55. The maximum Gasteiger partial charge on any atom is 0.308 e. The van der Waals surface area contributed by atoms with Crippen LogP contribution in [0.4, 0.5) is 0 Å². The number of nitrogens with zero attached hydrogens (tertiary/aromatic N) is 1. The summed E-state index contributed by atoms with van der Waals surface area (Å²) in [6, 6.07) is 0.929. The molecule has 2 aliphatic rings. The molecule has 0 amide bonds. The van der Waals surface area contributed by atoms with Crippen molar-refractivity contribution in [2.45, 2.75) is 78.3 Å². The molecule has 3 unspecified atom stereocenters. The predicted octanol–water partition coefficient (Wildman–Crippen LogP) is 3.78. The molecule has 0 aromatic rings. The molecule has 0 radical (unpaired) electrons. The van der Waals surface area contributed by atoms with Crippen LogP contribution in [0.5, 0.6) is 0 Å². The van der Waals surface area contributed by atoms with Crippen LogP contribution in [0.3, 0.4) is 0 Å². The second-order valence-electron chi connectivity index (χ2n) is 7.86. The Kier molecular flexibility index (Phi) is 4.78.